The van der Waals surface area contributed by atoms with Crippen LogP contribution in [0.4, 0.5) is 0 Å². The fourth-order valence-electron chi connectivity index (χ4n) is 0.394. The van der Waals surface area contributed by atoms with Gasteiger partial charge in [-0.05, 0) is 19.0 Å². The Labute approximate surface area is 65.5 Å². The highest BCUT2D eigenvalue weighted by Gasteiger charge is 1.91. The van der Waals surface area contributed by atoms with Crippen LogP contribution in [0.1, 0.15) is 34.6 Å². The topological polar surface area (TPSA) is 12.0 Å². The maximum Gasteiger partial charge on any atom is 0.00276 e. The van der Waals surface area contributed by atoms with Gasteiger partial charge in [0.25, 0.3) is 0 Å². The third kappa shape index (κ3) is 7.54. The largest absolute Gasteiger partial charge is 0.394 e. The van der Waals surface area contributed by atoms with Gasteiger partial charge in [0.05, 0.1) is 0 Å². The highest BCUT2D eigenvalue weighted by atomic mass is 14.8. The van der Waals surface area contributed by atoms with Crippen LogP contribution in [0.25, 0.3) is 0 Å². The first kappa shape index (κ1) is 12.2. The van der Waals surface area contributed by atoms with Gasteiger partial charge in [0.2, 0.25) is 0 Å². The van der Waals surface area contributed by atoms with Crippen LogP contribution >= 0.6 is 0 Å². The van der Waals surface area contributed by atoms with Crippen LogP contribution in [0.2, 0.25) is 0 Å². The van der Waals surface area contributed by atoms with Gasteiger partial charge in [-0.2, -0.15) is 0 Å². The van der Waals surface area contributed by atoms with Crippen LogP contribution in [-0.4, -0.2) is 7.05 Å². The molecule has 0 bridgehead atoms. The second kappa shape index (κ2) is 8.54. The van der Waals surface area contributed by atoms with E-state index < -0.39 is 0 Å². The fraction of sp³-hybridized carbons (Fsp3) is 0.778. The van der Waals surface area contributed by atoms with E-state index in [1.54, 1.807) is 0 Å². The lowest BCUT2D eigenvalue weighted by Gasteiger charge is -2.02. The molecule has 0 aromatic heterocycles. The third-order valence-corrected chi connectivity index (χ3v) is 1.28. The number of nitrogens with one attached hydrogen (secondary N) is 1. The van der Waals surface area contributed by atoms with E-state index in [4.69, 9.17) is 0 Å². The Hall–Kier alpha value is -0.460. The van der Waals surface area contributed by atoms with E-state index in [1.165, 1.54) is 5.57 Å². The zero-order valence-electron chi connectivity index (χ0n) is 8.15. The molecule has 0 aliphatic heterocycles. The van der Waals surface area contributed by atoms with Crippen molar-refractivity contribution in [2.24, 2.45) is 5.92 Å². The SMILES string of the molecule is CC.CN/C=C(\C)C(C)C. The van der Waals surface area contributed by atoms with Crippen LogP contribution in [-0.2, 0) is 0 Å². The normalized spacial score (nSPS) is 10.5. The summed E-state index contributed by atoms with van der Waals surface area (Å²) in [5.74, 6) is 0.669. The molecule has 0 aliphatic rings. The number of hydrogen-bond acceptors (Lipinski definition) is 1. The Bertz CT molecular complexity index is 82.7. The van der Waals surface area contributed by atoms with Gasteiger partial charge in [0.15, 0.2) is 0 Å². The molecular formula is C9H21N. The Balaban J connectivity index is 0. The zero-order valence-corrected chi connectivity index (χ0v) is 8.15. The molecule has 0 amide bonds. The summed E-state index contributed by atoms with van der Waals surface area (Å²) >= 11 is 0. The summed E-state index contributed by atoms with van der Waals surface area (Å²) in [5.41, 5.74) is 1.40. The summed E-state index contributed by atoms with van der Waals surface area (Å²) in [6.45, 7) is 10.5. The minimum absolute atomic E-state index is 0.669. The summed E-state index contributed by atoms with van der Waals surface area (Å²) in [7, 11) is 1.92. The molecular weight excluding hydrogens is 122 g/mol. The lowest BCUT2D eigenvalue weighted by atomic mass is 10.1. The molecule has 0 aromatic rings. The van der Waals surface area contributed by atoms with Gasteiger partial charge in [-0.15, -0.1) is 0 Å². The van der Waals surface area contributed by atoms with Gasteiger partial charge in [-0.1, -0.05) is 33.3 Å². The third-order valence-electron chi connectivity index (χ3n) is 1.28. The predicted octanol–water partition coefficient (Wildman–Crippen LogP) is 2.79. The minimum Gasteiger partial charge on any atom is -0.394 e. The van der Waals surface area contributed by atoms with Crippen molar-refractivity contribution in [3.63, 3.8) is 0 Å². The number of rotatable bonds is 2. The Morgan fingerprint density at radius 1 is 1.30 bits per heavy atom. The van der Waals surface area contributed by atoms with Crippen LogP contribution in [0, 0.1) is 5.92 Å². The molecule has 0 atom stereocenters. The molecule has 0 heterocycles. The molecule has 1 heteroatoms. The van der Waals surface area contributed by atoms with E-state index in [0.717, 1.165) is 0 Å². The molecule has 1 nitrogen and oxygen atoms in total. The van der Waals surface area contributed by atoms with Crippen molar-refractivity contribution in [1.82, 2.24) is 5.32 Å². The summed E-state index contributed by atoms with van der Waals surface area (Å²) in [6, 6.07) is 0. The van der Waals surface area contributed by atoms with Crippen molar-refractivity contribution in [3.8, 4) is 0 Å². The highest BCUT2D eigenvalue weighted by Crippen LogP contribution is 2.04. The van der Waals surface area contributed by atoms with E-state index in [9.17, 15) is 0 Å². The smallest absolute Gasteiger partial charge is 0.00276 e. The van der Waals surface area contributed by atoms with Crippen LogP contribution in [0.3, 0.4) is 0 Å². The van der Waals surface area contributed by atoms with E-state index in [2.05, 4.69) is 26.1 Å². The van der Waals surface area contributed by atoms with Gasteiger partial charge in [-0.25, -0.2) is 0 Å². The fourth-order valence-corrected chi connectivity index (χ4v) is 0.394. The molecule has 62 valence electrons. The van der Waals surface area contributed by atoms with Crippen LogP contribution in [0.5, 0.6) is 0 Å². The maximum absolute atomic E-state index is 2.99. The molecule has 0 saturated carbocycles. The molecule has 1 N–H and O–H groups in total. The Morgan fingerprint density at radius 3 is 1.80 bits per heavy atom. The lowest BCUT2D eigenvalue weighted by Crippen LogP contribution is -1.98. The van der Waals surface area contributed by atoms with E-state index in [0.29, 0.717) is 5.92 Å². The predicted molar refractivity (Wildman–Crippen MR) is 49.0 cm³/mol. The zero-order chi connectivity index (χ0) is 8.57. The molecule has 0 rings (SSSR count). The standard InChI is InChI=1S/C7H15N.C2H6/c1-6(2)7(3)5-8-4;1-2/h5-6,8H,1-4H3;1-2H3/b7-5+;. The molecule has 0 radical (unpaired) electrons. The second-order valence-corrected chi connectivity index (χ2v) is 2.33. The number of hydrogen-bond donors (Lipinski definition) is 1. The molecule has 0 spiro atoms. The van der Waals surface area contributed by atoms with Crippen molar-refractivity contribution in [2.45, 2.75) is 34.6 Å². The molecule has 0 unspecified atom stereocenters. The summed E-state index contributed by atoms with van der Waals surface area (Å²) in [4.78, 5) is 0. The summed E-state index contributed by atoms with van der Waals surface area (Å²) in [6.07, 6.45) is 2.03. The van der Waals surface area contributed by atoms with Gasteiger partial charge in [0, 0.05) is 7.05 Å². The molecule has 0 saturated heterocycles. The Kier molecular flexibility index (Phi) is 10.5. The Morgan fingerprint density at radius 2 is 1.70 bits per heavy atom. The number of allylic oxidation sites excluding steroid dienone is 1. The average Bonchev–Trinajstić information content (AvgIpc) is 1.93. The monoisotopic (exact) mass is 143 g/mol. The van der Waals surface area contributed by atoms with Crippen molar-refractivity contribution < 1.29 is 0 Å². The van der Waals surface area contributed by atoms with Crippen molar-refractivity contribution >= 4 is 0 Å². The highest BCUT2D eigenvalue weighted by molar-refractivity contribution is 4.98. The first-order valence-corrected chi connectivity index (χ1v) is 4.02. The molecule has 10 heavy (non-hydrogen) atoms. The van der Waals surface area contributed by atoms with Gasteiger partial charge in [0.1, 0.15) is 0 Å². The van der Waals surface area contributed by atoms with Crippen LogP contribution in [0.15, 0.2) is 11.8 Å². The van der Waals surface area contributed by atoms with E-state index in [1.807, 2.05) is 27.1 Å². The van der Waals surface area contributed by atoms with Gasteiger partial charge in [-0.3, -0.25) is 0 Å². The van der Waals surface area contributed by atoms with E-state index in [-0.39, 0.29) is 0 Å². The first-order chi connectivity index (χ1) is 4.68. The first-order valence-electron chi connectivity index (χ1n) is 4.02. The van der Waals surface area contributed by atoms with Crippen molar-refractivity contribution in [3.05, 3.63) is 11.8 Å². The summed E-state index contributed by atoms with van der Waals surface area (Å²) < 4.78 is 0. The lowest BCUT2D eigenvalue weighted by molar-refractivity contribution is 0.758. The molecule has 0 aliphatic carbocycles. The van der Waals surface area contributed by atoms with Crippen molar-refractivity contribution in [1.29, 1.82) is 0 Å². The quantitative estimate of drug-likeness (QED) is 0.626. The van der Waals surface area contributed by atoms with E-state index >= 15 is 0 Å². The minimum atomic E-state index is 0.669. The second-order valence-electron chi connectivity index (χ2n) is 2.33. The maximum atomic E-state index is 2.99. The average molecular weight is 143 g/mol. The van der Waals surface area contributed by atoms with Gasteiger partial charge < -0.3 is 5.32 Å². The van der Waals surface area contributed by atoms with Crippen molar-refractivity contribution in [2.75, 3.05) is 7.05 Å². The molecule has 0 aromatic carbocycles. The van der Waals surface area contributed by atoms with Gasteiger partial charge >= 0.3 is 0 Å². The van der Waals surface area contributed by atoms with Crippen LogP contribution < -0.4 is 5.32 Å². The molecule has 0 fully saturated rings. The summed E-state index contributed by atoms with van der Waals surface area (Å²) in [5, 5.41) is 2.99.